The van der Waals surface area contributed by atoms with Crippen molar-refractivity contribution in [1.82, 2.24) is 47.9 Å². The van der Waals surface area contributed by atoms with Crippen LogP contribution in [0.2, 0.25) is 0 Å². The number of hydrogen-bond donors (Lipinski definition) is 27. The Morgan fingerprint density at radius 3 is 0.915 bits per heavy atom. The lowest BCUT2D eigenvalue weighted by Gasteiger charge is -2.29. The molecule has 0 radical (unpaired) electrons. The molecule has 94 heavy (non-hydrogen) atoms. The van der Waals surface area contributed by atoms with Gasteiger partial charge in [-0.25, -0.2) is 4.79 Å². The molecule has 0 fully saturated rings. The fourth-order valence-electron chi connectivity index (χ4n) is 8.79. The van der Waals surface area contributed by atoms with Crippen molar-refractivity contribution in [3.05, 3.63) is 0 Å². The Bertz CT molecular complexity index is 2680. The first-order valence-electron chi connectivity index (χ1n) is 30.5. The number of carboxylic acid groups (broad SMARTS) is 2. The first kappa shape index (κ1) is 84.1. The number of guanidine groups is 4. The molecule has 0 saturated carbocycles. The summed E-state index contributed by atoms with van der Waals surface area (Å²) in [6.07, 6.45) is -5.17. The van der Waals surface area contributed by atoms with Gasteiger partial charge >= 0.3 is 35.8 Å². The van der Waals surface area contributed by atoms with E-state index in [0.717, 1.165) is 6.92 Å². The predicted molar refractivity (Wildman–Crippen MR) is 336 cm³/mol. The lowest BCUT2D eigenvalue weighted by Crippen LogP contribution is -2.78. The van der Waals surface area contributed by atoms with Gasteiger partial charge in [0.1, 0.15) is 54.4 Å². The molecule has 0 spiro atoms. The third kappa shape index (κ3) is 36.8. The molecule has 0 aliphatic rings. The van der Waals surface area contributed by atoms with E-state index in [4.69, 9.17) is 63.1 Å². The molecular weight excluding hydrogens is 1240 g/mol. The van der Waals surface area contributed by atoms with Crippen LogP contribution >= 0.6 is 0 Å². The number of aliphatic hydroxyl groups is 1. The summed E-state index contributed by atoms with van der Waals surface area (Å²) in [5, 5.41) is 52.1. The third-order valence-electron chi connectivity index (χ3n) is 13.8. The van der Waals surface area contributed by atoms with E-state index in [1.165, 1.54) is 13.8 Å². The number of aliphatic hydroxyl groups excluding tert-OH is 1. The molecule has 0 heterocycles. The van der Waals surface area contributed by atoms with Crippen LogP contribution in [0, 0.1) is 11.8 Å². The third-order valence-corrected chi connectivity index (χ3v) is 13.8. The zero-order valence-electron chi connectivity index (χ0n) is 53.9. The standard InChI is InChI=1S/C54H100N24O16/c1-25(2)24-35(76-41(84)28(55)10-6-20-66-51(58)59)48(91)74-32(14-17-36(56)80)45(88)72-30(12-8-22-68-53(62)63)43(86)70-29(11-7-21-67-52(60)61)42(85)71-31(13-9-23-69-54(64)65)44(87)73-34(16-19-38(82)83)47(90)78-40(27(5)79)49(92)75-33(15-18-37(57)81)46(89)77-39(26(3)4)50(93)94/h25-35,39-40,79H,6-24,55H2,1-5H3,(H2,56,80)(H2,57,81)(H,70,86)(H,71,85)(H,72,88)(H,73,87)(H,74,91)(H,75,92)(H,76,84)(H,77,89)(H,78,90)(H,82,83)(H,93,94)(H4,58,59,66)(H4,60,61,67)(H4,62,63,68)(H4,64,65,69)/p+4/t27-,28+,29+,30+,31+,32+,33+,34+,35+,39+,40+/m1/s1. The number of hydrogen-bond acceptors (Lipinski definition) is 15. The minimum atomic E-state index is -1.97. The number of carbonyl (C=O) groups is 13. The molecule has 0 aromatic carbocycles. The van der Waals surface area contributed by atoms with E-state index in [0.29, 0.717) is 13.0 Å². The Kier molecular flexibility index (Phi) is 39.9. The van der Waals surface area contributed by atoms with Crippen LogP contribution in [0.4, 0.5) is 0 Å². The minimum absolute atomic E-state index is 0.00468. The van der Waals surface area contributed by atoms with Crippen LogP contribution in [-0.4, -0.2) is 209 Å². The lowest BCUT2D eigenvalue weighted by atomic mass is 10.0. The second-order valence-corrected chi connectivity index (χ2v) is 23.0. The number of amides is 11. The Labute approximate surface area is 543 Å². The maximum atomic E-state index is 14.6. The van der Waals surface area contributed by atoms with Crippen LogP contribution in [0.1, 0.15) is 131 Å². The Balaban J connectivity index is 7.47. The van der Waals surface area contributed by atoms with E-state index >= 15 is 0 Å². The highest BCUT2D eigenvalue weighted by Gasteiger charge is 2.37. The largest absolute Gasteiger partial charge is 0.481 e. The van der Waals surface area contributed by atoms with Crippen molar-refractivity contribution in [3.8, 4) is 0 Å². The van der Waals surface area contributed by atoms with Crippen LogP contribution in [-0.2, 0) is 62.3 Å². The van der Waals surface area contributed by atoms with Crippen molar-refractivity contribution in [3.63, 3.8) is 0 Å². The molecule has 0 bridgehead atoms. The zero-order chi connectivity index (χ0) is 71.9. The topological polar surface area (TPSA) is 733 Å². The highest BCUT2D eigenvalue weighted by molar-refractivity contribution is 5.99. The maximum Gasteiger partial charge on any atom is 0.338 e. The smallest absolute Gasteiger partial charge is 0.338 e. The van der Waals surface area contributed by atoms with Gasteiger partial charge in [-0.05, 0) is 95.8 Å². The van der Waals surface area contributed by atoms with Crippen molar-refractivity contribution in [2.24, 2.45) is 74.9 Å². The Morgan fingerprint density at radius 2 is 0.628 bits per heavy atom. The van der Waals surface area contributed by atoms with E-state index in [9.17, 15) is 77.6 Å². The van der Waals surface area contributed by atoms with Crippen molar-refractivity contribution in [2.45, 2.75) is 197 Å². The molecule has 11 atom stereocenters. The molecule has 0 rings (SSSR count). The van der Waals surface area contributed by atoms with Gasteiger partial charge in [-0.15, -0.1) is 0 Å². The summed E-state index contributed by atoms with van der Waals surface area (Å²) in [7, 11) is 0. The molecule has 0 aliphatic carbocycles. The maximum absolute atomic E-state index is 14.6. The average molecular weight is 1350 g/mol. The zero-order valence-corrected chi connectivity index (χ0v) is 53.9. The summed E-state index contributed by atoms with van der Waals surface area (Å²) in [4.78, 5) is 185. The quantitative estimate of drug-likeness (QED) is 0.0153. The van der Waals surface area contributed by atoms with E-state index < -0.39 is 188 Å². The number of nitrogens with one attached hydrogen (secondary N) is 13. The number of carbonyl (C=O) groups excluding carboxylic acids is 11. The lowest BCUT2D eigenvalue weighted by molar-refractivity contribution is -0.460. The van der Waals surface area contributed by atoms with E-state index in [2.05, 4.69) is 67.8 Å². The van der Waals surface area contributed by atoms with Crippen molar-refractivity contribution in [1.29, 1.82) is 0 Å². The molecule has 0 aliphatic heterocycles. The molecule has 11 amide bonds. The molecular formula is C54H104N24O16+4. The number of carboxylic acids is 2. The van der Waals surface area contributed by atoms with Crippen LogP contribution in [0.5, 0.6) is 0 Å². The van der Waals surface area contributed by atoms with Crippen LogP contribution in [0.25, 0.3) is 0 Å². The molecule has 38 N–H and O–H groups in total. The van der Waals surface area contributed by atoms with Gasteiger partial charge in [-0.3, -0.25) is 123 Å². The normalized spacial score (nSPS) is 14.4. The van der Waals surface area contributed by atoms with Crippen LogP contribution in [0.15, 0.2) is 0 Å². The fraction of sp³-hybridized carbons (Fsp3) is 0.685. The summed E-state index contributed by atoms with van der Waals surface area (Å²) in [6, 6.07) is -15.7. The number of aliphatic carboxylic acids is 2. The second kappa shape index (κ2) is 44.6. The van der Waals surface area contributed by atoms with Crippen molar-refractivity contribution in [2.75, 3.05) is 26.2 Å². The summed E-state index contributed by atoms with van der Waals surface area (Å²) >= 11 is 0. The van der Waals surface area contributed by atoms with Crippen molar-refractivity contribution < 1.29 is 97.6 Å². The first-order chi connectivity index (χ1) is 43.9. The SMILES string of the molecule is CC(C)C[C@H](NC(=O)[C@@H](N)CCC[NH+]=C(N)N)C(=O)N[C@@H](CCC(N)=O)C(=O)N[C@@H](CCC[NH+]=C(N)N)C(=O)N[C@@H](CCC[NH+]=C(N)N)C(=O)N[C@@H](CCC[NH+]=C(N)N)C(=O)N[C@@H](CCC(=O)O)C(=O)N[C@H](C(=O)N[C@@H](CCC(N)=O)C(=O)N[C@H](C(=O)O)C(C)C)[C@@H](C)O. The van der Waals surface area contributed by atoms with Gasteiger partial charge in [0, 0.05) is 19.3 Å². The second-order valence-electron chi connectivity index (χ2n) is 23.0. The highest BCUT2D eigenvalue weighted by atomic mass is 16.4. The van der Waals surface area contributed by atoms with Gasteiger partial charge in [-0.1, -0.05) is 27.7 Å². The predicted octanol–water partition coefficient (Wildman–Crippen LogP) is -17.2. The molecule has 40 heteroatoms. The number of primary amides is 2. The van der Waals surface area contributed by atoms with Crippen molar-refractivity contribution >= 4 is 101 Å². The van der Waals surface area contributed by atoms with Crippen LogP contribution < -0.4 is 131 Å². The summed E-state index contributed by atoms with van der Waals surface area (Å²) < 4.78 is 0. The Morgan fingerprint density at radius 1 is 0.351 bits per heavy atom. The molecule has 0 aromatic heterocycles. The van der Waals surface area contributed by atoms with Gasteiger partial charge in [0.15, 0.2) is 0 Å². The molecule has 40 nitrogen and oxygen atoms in total. The van der Waals surface area contributed by atoms with Gasteiger partial charge in [0.25, 0.3) is 0 Å². The number of nitrogens with two attached hydrogens (primary N) is 11. The average Bonchev–Trinajstić information content (AvgIpc) is 0.928. The van der Waals surface area contributed by atoms with E-state index in [1.807, 2.05) is 0 Å². The van der Waals surface area contributed by atoms with Gasteiger partial charge < -0.3 is 80.4 Å². The highest BCUT2D eigenvalue weighted by Crippen LogP contribution is 2.12. The fourth-order valence-corrected chi connectivity index (χ4v) is 8.79. The van der Waals surface area contributed by atoms with Crippen LogP contribution in [0.3, 0.4) is 0 Å². The van der Waals surface area contributed by atoms with Gasteiger partial charge in [0.05, 0.1) is 38.3 Å². The molecule has 532 valence electrons. The molecule has 0 unspecified atom stereocenters. The number of rotatable bonds is 48. The molecule has 0 aromatic rings. The van der Waals surface area contributed by atoms with E-state index in [1.54, 1.807) is 13.8 Å². The minimum Gasteiger partial charge on any atom is -0.481 e. The molecule has 0 saturated heterocycles. The Hall–Kier alpha value is -9.89. The first-order valence-corrected chi connectivity index (χ1v) is 30.5. The monoisotopic (exact) mass is 1340 g/mol. The summed E-state index contributed by atoms with van der Waals surface area (Å²) in [5.74, 6) is -15.6. The van der Waals surface area contributed by atoms with E-state index in [-0.39, 0.29) is 101 Å². The summed E-state index contributed by atoms with van der Waals surface area (Å²) in [5.41, 5.74) is 61.3. The van der Waals surface area contributed by atoms with Gasteiger partial charge in [-0.2, -0.15) is 0 Å². The summed E-state index contributed by atoms with van der Waals surface area (Å²) in [6.45, 7) is 7.89. The van der Waals surface area contributed by atoms with Gasteiger partial charge in [0.2, 0.25) is 65.0 Å².